The molecule has 36 heavy (non-hydrogen) atoms. The van der Waals surface area contributed by atoms with Crippen LogP contribution in [-0.4, -0.2) is 53.7 Å². The van der Waals surface area contributed by atoms with Crippen molar-refractivity contribution in [3.05, 3.63) is 84.3 Å². The van der Waals surface area contributed by atoms with Crippen LogP contribution < -0.4 is 14.8 Å². The maximum absolute atomic E-state index is 13.3. The van der Waals surface area contributed by atoms with Crippen molar-refractivity contribution in [1.82, 2.24) is 20.0 Å². The zero-order chi connectivity index (χ0) is 25.8. The van der Waals surface area contributed by atoms with E-state index in [0.29, 0.717) is 11.5 Å². The molecule has 2 atom stereocenters. The van der Waals surface area contributed by atoms with Crippen LogP contribution in [0.1, 0.15) is 18.6 Å². The van der Waals surface area contributed by atoms with E-state index in [9.17, 15) is 14.0 Å². The van der Waals surface area contributed by atoms with Gasteiger partial charge >= 0.3 is 11.8 Å². The molecule has 0 aliphatic carbocycles. The predicted molar refractivity (Wildman–Crippen MR) is 134 cm³/mol. The molecule has 4 rings (SSSR count). The number of fused-ring (bicyclic) bond motifs is 1. The van der Waals surface area contributed by atoms with E-state index in [-0.39, 0.29) is 5.82 Å². The topological polar surface area (TPSA) is 85.7 Å². The van der Waals surface area contributed by atoms with Crippen LogP contribution in [0.4, 0.5) is 4.39 Å². The lowest BCUT2D eigenvalue weighted by Gasteiger charge is -2.27. The number of hydrogen-bond acceptors (Lipinski definition) is 5. The fraction of sp³-hybridized carbons (Fsp3) is 0.222. The number of carbonyl (C=O) groups is 2. The summed E-state index contributed by atoms with van der Waals surface area (Å²) in [6.45, 7) is 1.77. The average Bonchev–Trinajstić information content (AvgIpc) is 3.30. The monoisotopic (exact) mass is 490 g/mol. The van der Waals surface area contributed by atoms with Gasteiger partial charge in [-0.25, -0.2) is 9.07 Å². The number of amides is 2. The molecule has 0 bridgehead atoms. The van der Waals surface area contributed by atoms with Gasteiger partial charge in [-0.1, -0.05) is 12.1 Å². The number of methoxy groups -OCH3 is 1. The van der Waals surface area contributed by atoms with Gasteiger partial charge in [-0.15, -0.1) is 0 Å². The Morgan fingerprint density at radius 3 is 2.47 bits per heavy atom. The minimum atomic E-state index is -0.722. The van der Waals surface area contributed by atoms with E-state index in [0.717, 1.165) is 22.2 Å². The largest absolute Gasteiger partial charge is 0.497 e. The highest BCUT2D eigenvalue weighted by atomic mass is 19.1. The SMILES string of the molecule is COc1cccc([C@@H](Oc2ccc3c(cnn3-c3ccc(F)cc3)c2)[C@H](C)NC(=O)C(=O)N(C)C)c1. The zero-order valence-corrected chi connectivity index (χ0v) is 20.4. The molecule has 8 nitrogen and oxygen atoms in total. The molecular weight excluding hydrogens is 463 g/mol. The second-order valence-electron chi connectivity index (χ2n) is 8.53. The fourth-order valence-corrected chi connectivity index (χ4v) is 3.84. The molecule has 1 N–H and O–H groups in total. The van der Waals surface area contributed by atoms with Crippen LogP contribution >= 0.6 is 0 Å². The Hall–Kier alpha value is -4.40. The minimum absolute atomic E-state index is 0.317. The van der Waals surface area contributed by atoms with E-state index in [2.05, 4.69) is 10.4 Å². The maximum Gasteiger partial charge on any atom is 0.311 e. The number of benzene rings is 3. The van der Waals surface area contributed by atoms with Crippen molar-refractivity contribution in [2.45, 2.75) is 19.1 Å². The van der Waals surface area contributed by atoms with E-state index >= 15 is 0 Å². The van der Waals surface area contributed by atoms with E-state index in [1.165, 1.54) is 31.1 Å². The molecule has 9 heteroatoms. The average molecular weight is 491 g/mol. The van der Waals surface area contributed by atoms with Gasteiger partial charge in [-0.05, 0) is 67.1 Å². The Bertz CT molecular complexity index is 1380. The number of nitrogens with one attached hydrogen (secondary N) is 1. The van der Waals surface area contributed by atoms with E-state index in [1.54, 1.807) is 43.1 Å². The molecule has 1 aromatic heterocycles. The normalized spacial score (nSPS) is 12.6. The van der Waals surface area contributed by atoms with Crippen molar-refractivity contribution in [2.75, 3.05) is 21.2 Å². The summed E-state index contributed by atoms with van der Waals surface area (Å²) >= 11 is 0. The smallest absolute Gasteiger partial charge is 0.311 e. The van der Waals surface area contributed by atoms with Gasteiger partial charge in [-0.3, -0.25) is 9.59 Å². The van der Waals surface area contributed by atoms with Crippen LogP contribution in [0.2, 0.25) is 0 Å². The molecule has 0 saturated carbocycles. The van der Waals surface area contributed by atoms with Crippen LogP contribution in [0.5, 0.6) is 11.5 Å². The lowest BCUT2D eigenvalue weighted by molar-refractivity contribution is -0.144. The van der Waals surface area contributed by atoms with Crippen LogP contribution in [0.3, 0.4) is 0 Å². The van der Waals surface area contributed by atoms with Crippen LogP contribution in [0, 0.1) is 5.82 Å². The van der Waals surface area contributed by atoms with Crippen molar-refractivity contribution >= 4 is 22.7 Å². The summed E-state index contributed by atoms with van der Waals surface area (Å²) in [5.74, 6) is -0.502. The number of aromatic nitrogens is 2. The number of likely N-dealkylation sites (N-methyl/N-ethyl adjacent to an activating group) is 1. The molecule has 1 heterocycles. The molecule has 0 saturated heterocycles. The number of halogens is 1. The van der Waals surface area contributed by atoms with Gasteiger partial charge < -0.3 is 19.7 Å². The molecule has 3 aromatic carbocycles. The first-order valence-corrected chi connectivity index (χ1v) is 11.3. The van der Waals surface area contributed by atoms with Gasteiger partial charge in [0, 0.05) is 19.5 Å². The van der Waals surface area contributed by atoms with Crippen molar-refractivity contribution < 1.29 is 23.5 Å². The van der Waals surface area contributed by atoms with E-state index in [4.69, 9.17) is 9.47 Å². The second-order valence-corrected chi connectivity index (χ2v) is 8.53. The van der Waals surface area contributed by atoms with Crippen molar-refractivity contribution in [3.63, 3.8) is 0 Å². The molecule has 0 aliphatic heterocycles. The Balaban J connectivity index is 1.64. The van der Waals surface area contributed by atoms with Gasteiger partial charge in [0.25, 0.3) is 0 Å². The standard InChI is InChI=1S/C27H27FN4O4/c1-17(30-26(33)27(34)31(2)3)25(18-6-5-7-22(14-18)35-4)36-23-12-13-24-19(15-23)16-29-32(24)21-10-8-20(28)9-11-21/h5-17,25H,1-4H3,(H,30,33)/t17-,25-/m0/s1. The number of ether oxygens (including phenoxy) is 2. The summed E-state index contributed by atoms with van der Waals surface area (Å²) in [5.41, 5.74) is 2.32. The highest BCUT2D eigenvalue weighted by Crippen LogP contribution is 2.30. The molecule has 0 unspecified atom stereocenters. The molecule has 0 fully saturated rings. The first-order chi connectivity index (χ1) is 17.3. The molecule has 0 aliphatic rings. The lowest BCUT2D eigenvalue weighted by atomic mass is 10.0. The molecule has 4 aromatic rings. The highest BCUT2D eigenvalue weighted by Gasteiger charge is 2.27. The zero-order valence-electron chi connectivity index (χ0n) is 20.4. The second kappa shape index (κ2) is 10.5. The number of nitrogens with zero attached hydrogens (tertiary/aromatic N) is 3. The number of hydrogen-bond donors (Lipinski definition) is 1. The third kappa shape index (κ3) is 5.30. The Morgan fingerprint density at radius 2 is 1.78 bits per heavy atom. The first-order valence-electron chi connectivity index (χ1n) is 11.3. The third-order valence-corrected chi connectivity index (χ3v) is 5.71. The Morgan fingerprint density at radius 1 is 1.03 bits per heavy atom. The summed E-state index contributed by atoms with van der Waals surface area (Å²) in [5, 5.41) is 7.99. The van der Waals surface area contributed by atoms with Crippen molar-refractivity contribution in [3.8, 4) is 17.2 Å². The molecule has 0 radical (unpaired) electrons. The summed E-state index contributed by atoms with van der Waals surface area (Å²) in [6.07, 6.45) is 1.08. The van der Waals surface area contributed by atoms with Gasteiger partial charge in [-0.2, -0.15) is 5.10 Å². The Kier molecular flexibility index (Phi) is 7.19. The summed E-state index contributed by atoms with van der Waals surface area (Å²) in [6, 6.07) is 18.4. The van der Waals surface area contributed by atoms with Gasteiger partial charge in [0.15, 0.2) is 0 Å². The summed E-state index contributed by atoms with van der Waals surface area (Å²) in [7, 11) is 4.61. The quantitative estimate of drug-likeness (QED) is 0.398. The molecule has 2 amide bonds. The minimum Gasteiger partial charge on any atom is -0.497 e. The lowest BCUT2D eigenvalue weighted by Crippen LogP contribution is -2.46. The summed E-state index contributed by atoms with van der Waals surface area (Å²) in [4.78, 5) is 25.7. The van der Waals surface area contributed by atoms with E-state index < -0.39 is 24.0 Å². The highest BCUT2D eigenvalue weighted by molar-refractivity contribution is 6.34. The predicted octanol–water partition coefficient (Wildman–Crippen LogP) is 3.89. The van der Waals surface area contributed by atoms with Crippen LogP contribution in [0.25, 0.3) is 16.6 Å². The summed E-state index contributed by atoms with van der Waals surface area (Å²) < 4.78 is 26.8. The van der Waals surface area contributed by atoms with Gasteiger partial charge in [0.2, 0.25) is 0 Å². The van der Waals surface area contributed by atoms with Crippen molar-refractivity contribution in [2.24, 2.45) is 0 Å². The Labute approximate surface area is 208 Å². The fourth-order valence-electron chi connectivity index (χ4n) is 3.84. The molecular formula is C27H27FN4O4. The number of rotatable bonds is 7. The van der Waals surface area contributed by atoms with Gasteiger partial charge in [0.1, 0.15) is 23.4 Å². The van der Waals surface area contributed by atoms with E-state index in [1.807, 2.05) is 36.4 Å². The van der Waals surface area contributed by atoms with Crippen LogP contribution in [-0.2, 0) is 9.59 Å². The van der Waals surface area contributed by atoms with Crippen molar-refractivity contribution in [1.29, 1.82) is 0 Å². The number of carbonyl (C=O) groups excluding carboxylic acids is 2. The molecule has 0 spiro atoms. The maximum atomic E-state index is 13.3. The molecule has 186 valence electrons. The van der Waals surface area contributed by atoms with Crippen LogP contribution in [0.15, 0.2) is 72.9 Å². The first kappa shape index (κ1) is 24.7. The van der Waals surface area contributed by atoms with Gasteiger partial charge in [0.05, 0.1) is 30.6 Å². The third-order valence-electron chi connectivity index (χ3n) is 5.71.